The van der Waals surface area contributed by atoms with Crippen molar-refractivity contribution < 1.29 is 14.3 Å². The Morgan fingerprint density at radius 1 is 1.35 bits per heavy atom. The molecule has 0 spiro atoms. The third kappa shape index (κ3) is 5.95. The maximum atomic E-state index is 12.2. The van der Waals surface area contributed by atoms with Gasteiger partial charge in [-0.15, -0.1) is 5.10 Å². The lowest BCUT2D eigenvalue weighted by Crippen LogP contribution is -2.42. The largest absolute Gasteiger partial charge is 0.476 e. The van der Waals surface area contributed by atoms with Crippen LogP contribution in [0, 0.1) is 12.8 Å². The fraction of sp³-hybridized carbons (Fsp3) is 0.524. The van der Waals surface area contributed by atoms with Crippen LogP contribution < -0.4 is 20.3 Å². The zero-order valence-electron chi connectivity index (χ0n) is 17.7. The van der Waals surface area contributed by atoms with Crippen LogP contribution in [0.5, 0.6) is 5.88 Å². The summed E-state index contributed by atoms with van der Waals surface area (Å²) in [5, 5.41) is 14.5. The molecule has 0 radical (unpaired) electrons. The predicted octanol–water partition coefficient (Wildman–Crippen LogP) is 3.17. The lowest BCUT2D eigenvalue weighted by molar-refractivity contribution is 0.0528. The maximum absolute atomic E-state index is 12.2. The molecule has 1 atom stereocenters. The maximum Gasteiger partial charge on any atom is 0.319 e. The molecule has 1 aliphatic carbocycles. The summed E-state index contributed by atoms with van der Waals surface area (Å²) in [6, 6.07) is 3.18. The summed E-state index contributed by atoms with van der Waals surface area (Å²) >= 11 is 6.21. The number of nitrogens with zero attached hydrogens (tertiary/aromatic N) is 4. The Bertz CT molecular complexity index is 939. The summed E-state index contributed by atoms with van der Waals surface area (Å²) in [5.41, 5.74) is 2.18. The molecule has 1 unspecified atom stereocenters. The number of nitrogens with one attached hydrogen (secondary N) is 2. The zero-order valence-corrected chi connectivity index (χ0v) is 18.5. The molecule has 2 aromatic heterocycles. The van der Waals surface area contributed by atoms with Crippen molar-refractivity contribution in [1.82, 2.24) is 20.5 Å². The van der Waals surface area contributed by atoms with E-state index in [4.69, 9.17) is 21.1 Å². The Morgan fingerprint density at radius 3 is 2.90 bits per heavy atom. The van der Waals surface area contributed by atoms with Crippen LogP contribution in [0.25, 0.3) is 0 Å². The van der Waals surface area contributed by atoms with Crippen LogP contribution in [0.4, 0.5) is 16.3 Å². The highest BCUT2D eigenvalue weighted by Crippen LogP contribution is 2.31. The van der Waals surface area contributed by atoms with Gasteiger partial charge < -0.3 is 25.0 Å². The molecule has 0 aromatic carbocycles. The van der Waals surface area contributed by atoms with E-state index < -0.39 is 0 Å². The van der Waals surface area contributed by atoms with E-state index in [1.54, 1.807) is 6.07 Å². The number of amides is 2. The van der Waals surface area contributed by atoms with Crippen LogP contribution in [0.2, 0.25) is 5.02 Å². The fourth-order valence-corrected chi connectivity index (χ4v) is 3.59. The molecule has 4 rings (SSSR count). The van der Waals surface area contributed by atoms with E-state index in [0.717, 1.165) is 24.5 Å². The van der Waals surface area contributed by atoms with Crippen LogP contribution in [0.15, 0.2) is 18.3 Å². The number of rotatable bonds is 7. The average molecular weight is 447 g/mol. The van der Waals surface area contributed by atoms with E-state index in [2.05, 4.69) is 30.7 Å². The van der Waals surface area contributed by atoms with Crippen molar-refractivity contribution in [2.24, 2.45) is 5.92 Å². The minimum atomic E-state index is -0.380. The first kappa shape index (κ1) is 21.6. The van der Waals surface area contributed by atoms with E-state index in [1.807, 2.05) is 19.9 Å². The molecule has 1 saturated carbocycles. The molecule has 9 nitrogen and oxygen atoms in total. The van der Waals surface area contributed by atoms with E-state index in [0.29, 0.717) is 41.4 Å². The average Bonchev–Trinajstić information content (AvgIpc) is 3.56. The Kier molecular flexibility index (Phi) is 6.72. The molecule has 2 N–H and O–H groups in total. The van der Waals surface area contributed by atoms with E-state index in [9.17, 15) is 4.79 Å². The summed E-state index contributed by atoms with van der Waals surface area (Å²) in [7, 11) is 0. The summed E-state index contributed by atoms with van der Waals surface area (Å²) in [5.74, 6) is 1.85. The summed E-state index contributed by atoms with van der Waals surface area (Å²) in [6.07, 6.45) is 4.07. The van der Waals surface area contributed by atoms with Crippen molar-refractivity contribution >= 4 is 29.1 Å². The molecule has 3 heterocycles. The number of aryl methyl sites for hydroxylation is 1. The molecule has 1 saturated heterocycles. The number of morpholine rings is 1. The number of urea groups is 1. The molecule has 31 heavy (non-hydrogen) atoms. The van der Waals surface area contributed by atoms with E-state index in [1.165, 1.54) is 19.0 Å². The summed E-state index contributed by atoms with van der Waals surface area (Å²) in [4.78, 5) is 18.6. The highest BCUT2D eigenvalue weighted by molar-refractivity contribution is 6.32. The van der Waals surface area contributed by atoms with Crippen molar-refractivity contribution in [3.05, 3.63) is 34.6 Å². The molecule has 2 aromatic rings. The van der Waals surface area contributed by atoms with Gasteiger partial charge >= 0.3 is 6.03 Å². The normalized spacial score (nSPS) is 18.5. The van der Waals surface area contributed by atoms with Gasteiger partial charge in [0.25, 0.3) is 0 Å². The van der Waals surface area contributed by atoms with E-state index in [-0.39, 0.29) is 18.7 Å². The van der Waals surface area contributed by atoms with Crippen LogP contribution >= 0.6 is 11.6 Å². The van der Waals surface area contributed by atoms with Crippen molar-refractivity contribution in [3.63, 3.8) is 0 Å². The van der Waals surface area contributed by atoms with Gasteiger partial charge in [-0.2, -0.15) is 5.10 Å². The molecular formula is C21H27ClN6O3. The van der Waals surface area contributed by atoms with Gasteiger partial charge in [-0.3, -0.25) is 0 Å². The van der Waals surface area contributed by atoms with Gasteiger partial charge in [-0.05, 0) is 50.3 Å². The topological polar surface area (TPSA) is 102 Å². The van der Waals surface area contributed by atoms with Gasteiger partial charge in [0.15, 0.2) is 5.82 Å². The Hall–Kier alpha value is -2.65. The lowest BCUT2D eigenvalue weighted by Gasteiger charge is -2.32. The monoisotopic (exact) mass is 446 g/mol. The van der Waals surface area contributed by atoms with Crippen LogP contribution in [-0.2, 0) is 11.3 Å². The number of hydrogen-bond acceptors (Lipinski definition) is 7. The molecule has 2 amide bonds. The first-order valence-corrected chi connectivity index (χ1v) is 10.9. The van der Waals surface area contributed by atoms with Crippen molar-refractivity contribution in [1.29, 1.82) is 0 Å². The number of hydrogen-bond donors (Lipinski definition) is 2. The highest BCUT2D eigenvalue weighted by Gasteiger charge is 2.23. The minimum Gasteiger partial charge on any atom is -0.476 e. The second-order valence-electron chi connectivity index (χ2n) is 8.04. The predicted molar refractivity (Wildman–Crippen MR) is 118 cm³/mol. The number of anilines is 2. The number of aromatic nitrogens is 3. The van der Waals surface area contributed by atoms with Crippen molar-refractivity contribution in [2.45, 2.75) is 39.3 Å². The zero-order chi connectivity index (χ0) is 21.8. The van der Waals surface area contributed by atoms with Gasteiger partial charge in [0.1, 0.15) is 5.02 Å². The second-order valence-corrected chi connectivity index (χ2v) is 8.45. The Morgan fingerprint density at radius 2 is 2.19 bits per heavy atom. The fourth-order valence-electron chi connectivity index (χ4n) is 3.37. The number of ether oxygens (including phenoxy) is 2. The molecule has 0 bridgehead atoms. The third-order valence-electron chi connectivity index (χ3n) is 5.20. The highest BCUT2D eigenvalue weighted by atomic mass is 35.5. The summed E-state index contributed by atoms with van der Waals surface area (Å²) in [6.45, 7) is 7.18. The molecular weight excluding hydrogens is 420 g/mol. The van der Waals surface area contributed by atoms with Gasteiger partial charge in [-0.25, -0.2) is 9.78 Å². The molecule has 2 aliphatic rings. The van der Waals surface area contributed by atoms with Crippen molar-refractivity contribution in [2.75, 3.05) is 36.5 Å². The first-order valence-electron chi connectivity index (χ1n) is 10.5. The number of carbonyl (C=O) groups is 1. The minimum absolute atomic E-state index is 0.168. The van der Waals surface area contributed by atoms with E-state index >= 15 is 0 Å². The van der Waals surface area contributed by atoms with Gasteiger partial charge in [-0.1, -0.05) is 11.6 Å². The van der Waals surface area contributed by atoms with Crippen molar-refractivity contribution in [3.8, 4) is 5.88 Å². The van der Waals surface area contributed by atoms with Crippen LogP contribution in [0.3, 0.4) is 0 Å². The number of carbonyl (C=O) groups excluding carboxylic acids is 1. The SMILES string of the molecule is Cc1cc(CNC(=O)Nc2cnc(OCC3CC3)c(Cl)c2)nnc1N1CCOC(C)C1. The van der Waals surface area contributed by atoms with Gasteiger partial charge in [0, 0.05) is 13.1 Å². The van der Waals surface area contributed by atoms with Gasteiger partial charge in [0.05, 0.1) is 43.4 Å². The third-order valence-corrected chi connectivity index (χ3v) is 5.47. The standard InChI is InChI=1S/C21H27ClN6O3/c1-13-7-17(26-27-19(13)28-5-6-30-14(2)11-28)10-24-21(29)25-16-8-18(22)20(23-9-16)31-12-15-3-4-15/h7-9,14-15H,3-6,10-12H2,1-2H3,(H2,24,25,29). The summed E-state index contributed by atoms with van der Waals surface area (Å²) < 4.78 is 11.2. The Balaban J connectivity index is 1.28. The molecule has 1 aliphatic heterocycles. The second kappa shape index (κ2) is 9.65. The van der Waals surface area contributed by atoms with Crippen LogP contribution in [0.1, 0.15) is 31.0 Å². The smallest absolute Gasteiger partial charge is 0.319 e. The lowest BCUT2D eigenvalue weighted by atomic mass is 10.2. The number of pyridine rings is 1. The molecule has 166 valence electrons. The molecule has 10 heteroatoms. The Labute approximate surface area is 186 Å². The quantitative estimate of drug-likeness (QED) is 0.673. The molecule has 2 fully saturated rings. The van der Waals surface area contributed by atoms with Crippen LogP contribution in [-0.4, -0.2) is 53.6 Å². The van der Waals surface area contributed by atoms with Gasteiger partial charge in [0.2, 0.25) is 5.88 Å². The number of halogens is 1. The first-order chi connectivity index (χ1) is 15.0.